The maximum absolute atomic E-state index is 13.0. The van der Waals surface area contributed by atoms with Crippen molar-refractivity contribution in [1.29, 1.82) is 0 Å². The molecule has 7 N–H and O–H groups in total. The van der Waals surface area contributed by atoms with Crippen LogP contribution in [0.2, 0.25) is 0 Å². The predicted octanol–water partition coefficient (Wildman–Crippen LogP) is 7.64. The molecule has 320 valence electrons. The monoisotopic (exact) mass is 780 g/mol. The molecule has 1 aliphatic rings. The molecule has 0 saturated carbocycles. The highest BCUT2D eigenvalue weighted by molar-refractivity contribution is 5.80. The fourth-order valence-electron chi connectivity index (χ4n) is 6.54. The van der Waals surface area contributed by atoms with Gasteiger partial charge in [0.1, 0.15) is 30.5 Å². The number of unbranched alkanes of at least 4 members (excludes halogenated alkanes) is 18. The van der Waals surface area contributed by atoms with Gasteiger partial charge in [0.25, 0.3) is 0 Å². The number of ether oxygens (including phenoxy) is 2. The third-order valence-electron chi connectivity index (χ3n) is 10.2. The molecule has 1 fully saturated rings. The summed E-state index contributed by atoms with van der Waals surface area (Å²) in [7, 11) is 0. The molecule has 55 heavy (non-hydrogen) atoms. The van der Waals surface area contributed by atoms with Crippen LogP contribution in [-0.2, 0) is 14.3 Å². The van der Waals surface area contributed by atoms with E-state index in [1.165, 1.54) is 83.5 Å². The number of hydrogen-bond acceptors (Lipinski definition) is 9. The SMILES string of the molecule is CCCCCC/C=C/CC/C=C/CC/C=C/C(O)C(COC1OC(CO)C(O)C(O)C1O)NC(=O)C(O)CCCCCCCC/C=C\CCCCCCCC. The van der Waals surface area contributed by atoms with Crippen molar-refractivity contribution in [3.8, 4) is 0 Å². The quantitative estimate of drug-likeness (QED) is 0.0253. The van der Waals surface area contributed by atoms with Crippen LogP contribution in [0.15, 0.2) is 48.6 Å². The summed E-state index contributed by atoms with van der Waals surface area (Å²) in [5, 5.41) is 64.5. The number of allylic oxidation sites excluding steroid dienone is 7. The van der Waals surface area contributed by atoms with Gasteiger partial charge < -0.3 is 45.4 Å². The van der Waals surface area contributed by atoms with Gasteiger partial charge in [-0.05, 0) is 70.6 Å². The van der Waals surface area contributed by atoms with Gasteiger partial charge in [-0.2, -0.15) is 0 Å². The Labute approximate surface area is 334 Å². The van der Waals surface area contributed by atoms with Crippen molar-refractivity contribution in [3.05, 3.63) is 48.6 Å². The van der Waals surface area contributed by atoms with Crippen molar-refractivity contribution in [2.45, 2.75) is 217 Å². The summed E-state index contributed by atoms with van der Waals surface area (Å²) in [5.74, 6) is -0.638. The van der Waals surface area contributed by atoms with Crippen LogP contribution in [0.25, 0.3) is 0 Å². The van der Waals surface area contributed by atoms with E-state index in [2.05, 4.69) is 55.6 Å². The van der Waals surface area contributed by atoms with Crippen molar-refractivity contribution >= 4 is 5.91 Å². The van der Waals surface area contributed by atoms with Crippen molar-refractivity contribution in [2.24, 2.45) is 0 Å². The molecule has 0 spiro atoms. The highest BCUT2D eigenvalue weighted by atomic mass is 16.7. The molecule has 0 aromatic heterocycles. The van der Waals surface area contributed by atoms with Crippen LogP contribution in [0.3, 0.4) is 0 Å². The molecular formula is C45H81NO9. The Balaban J connectivity index is 2.49. The number of hydrogen-bond donors (Lipinski definition) is 7. The second-order valence-corrected chi connectivity index (χ2v) is 15.3. The van der Waals surface area contributed by atoms with Gasteiger partial charge in [-0.1, -0.05) is 146 Å². The lowest BCUT2D eigenvalue weighted by Crippen LogP contribution is -2.60. The van der Waals surface area contributed by atoms with Gasteiger partial charge in [0.05, 0.1) is 25.4 Å². The second-order valence-electron chi connectivity index (χ2n) is 15.3. The van der Waals surface area contributed by atoms with Crippen LogP contribution in [0.4, 0.5) is 0 Å². The summed E-state index contributed by atoms with van der Waals surface area (Å²) < 4.78 is 11.1. The molecule has 10 nitrogen and oxygen atoms in total. The van der Waals surface area contributed by atoms with Crippen LogP contribution in [0.5, 0.6) is 0 Å². The van der Waals surface area contributed by atoms with E-state index in [1.54, 1.807) is 6.08 Å². The maximum atomic E-state index is 13.0. The van der Waals surface area contributed by atoms with Crippen molar-refractivity contribution in [3.63, 3.8) is 0 Å². The largest absolute Gasteiger partial charge is 0.394 e. The summed E-state index contributed by atoms with van der Waals surface area (Å²) in [6, 6.07) is -1.00. The fourth-order valence-corrected chi connectivity index (χ4v) is 6.54. The van der Waals surface area contributed by atoms with E-state index >= 15 is 0 Å². The molecule has 0 bridgehead atoms. The van der Waals surface area contributed by atoms with E-state index in [1.807, 2.05) is 6.08 Å². The first-order valence-electron chi connectivity index (χ1n) is 22.0. The van der Waals surface area contributed by atoms with Gasteiger partial charge in [0, 0.05) is 0 Å². The van der Waals surface area contributed by atoms with Crippen LogP contribution >= 0.6 is 0 Å². The Kier molecular flexibility index (Phi) is 32.8. The van der Waals surface area contributed by atoms with Gasteiger partial charge in [0.2, 0.25) is 5.91 Å². The van der Waals surface area contributed by atoms with E-state index in [9.17, 15) is 35.4 Å². The number of carbonyl (C=O) groups excluding carboxylic acids is 1. The van der Waals surface area contributed by atoms with E-state index in [-0.39, 0.29) is 6.61 Å². The third kappa shape index (κ3) is 25.9. The molecule has 0 aromatic carbocycles. The number of aliphatic hydroxyl groups is 6. The molecule has 1 amide bonds. The highest BCUT2D eigenvalue weighted by Gasteiger charge is 2.44. The van der Waals surface area contributed by atoms with Crippen molar-refractivity contribution in [2.75, 3.05) is 13.2 Å². The molecule has 1 aliphatic heterocycles. The summed E-state index contributed by atoms with van der Waals surface area (Å²) in [6.45, 7) is 3.53. The lowest BCUT2D eigenvalue weighted by Gasteiger charge is -2.40. The van der Waals surface area contributed by atoms with Crippen LogP contribution < -0.4 is 5.32 Å². The summed E-state index contributed by atoms with van der Waals surface area (Å²) in [4.78, 5) is 13.0. The van der Waals surface area contributed by atoms with Crippen molar-refractivity contribution in [1.82, 2.24) is 5.32 Å². The average Bonchev–Trinajstić information content (AvgIpc) is 3.18. The van der Waals surface area contributed by atoms with Gasteiger partial charge in [-0.15, -0.1) is 0 Å². The Bertz CT molecular complexity index is 1020. The fraction of sp³-hybridized carbons (Fsp3) is 0.800. The average molecular weight is 780 g/mol. The minimum Gasteiger partial charge on any atom is -0.394 e. The van der Waals surface area contributed by atoms with E-state index < -0.39 is 61.5 Å². The molecule has 0 radical (unpaired) electrons. The molecule has 1 heterocycles. The van der Waals surface area contributed by atoms with E-state index in [4.69, 9.17) is 9.47 Å². The molecule has 10 heteroatoms. The second kappa shape index (κ2) is 35.3. The summed E-state index contributed by atoms with van der Waals surface area (Å²) >= 11 is 0. The molecule has 8 unspecified atom stereocenters. The summed E-state index contributed by atoms with van der Waals surface area (Å²) in [5.41, 5.74) is 0. The number of rotatable bonds is 35. The normalized spacial score (nSPS) is 22.4. The van der Waals surface area contributed by atoms with Gasteiger partial charge >= 0.3 is 0 Å². The maximum Gasteiger partial charge on any atom is 0.249 e. The minimum absolute atomic E-state index is 0.292. The lowest BCUT2D eigenvalue weighted by molar-refractivity contribution is -0.302. The van der Waals surface area contributed by atoms with Crippen molar-refractivity contribution < 1.29 is 44.9 Å². The van der Waals surface area contributed by atoms with Crippen LogP contribution in [0, 0.1) is 0 Å². The molecule has 8 atom stereocenters. The Morgan fingerprint density at radius 3 is 1.60 bits per heavy atom. The minimum atomic E-state index is -1.62. The smallest absolute Gasteiger partial charge is 0.249 e. The first kappa shape index (κ1) is 51.1. The molecule has 0 aromatic rings. The molecule has 0 aliphatic carbocycles. The van der Waals surface area contributed by atoms with Gasteiger partial charge in [0.15, 0.2) is 6.29 Å². The Hall–Kier alpha value is -1.89. The third-order valence-corrected chi connectivity index (χ3v) is 10.2. The summed E-state index contributed by atoms with van der Waals surface area (Å²) in [6.07, 6.45) is 33.4. The number of carbonyl (C=O) groups is 1. The highest BCUT2D eigenvalue weighted by Crippen LogP contribution is 2.22. The topological polar surface area (TPSA) is 169 Å². The Morgan fingerprint density at radius 2 is 1.07 bits per heavy atom. The Morgan fingerprint density at radius 1 is 0.618 bits per heavy atom. The lowest BCUT2D eigenvalue weighted by atomic mass is 9.99. The van der Waals surface area contributed by atoms with E-state index in [0.29, 0.717) is 19.3 Å². The van der Waals surface area contributed by atoms with Crippen LogP contribution in [-0.4, -0.2) is 98.7 Å². The zero-order chi connectivity index (χ0) is 40.4. The first-order valence-corrected chi connectivity index (χ1v) is 22.0. The molecule has 1 saturated heterocycles. The van der Waals surface area contributed by atoms with Gasteiger partial charge in [-0.25, -0.2) is 0 Å². The zero-order valence-corrected chi connectivity index (χ0v) is 34.5. The first-order chi connectivity index (χ1) is 26.8. The number of nitrogens with one attached hydrogen (secondary N) is 1. The standard InChI is InChI=1S/C45H81NO9/c1-3-5-7-9-11-13-15-17-19-20-22-24-26-28-30-32-34-39(49)44(53)46-37(36-54-45-43(52)42(51)41(50)40(35-47)55-45)38(48)33-31-29-27-25-23-21-18-16-14-12-10-8-6-4-2/h14,16-17,19,23,25,31,33,37-43,45,47-52H,3-13,15,18,20-22,24,26-30,32,34-36H2,1-2H3,(H,46,53)/b16-14+,19-17-,25-23+,33-31+. The predicted molar refractivity (Wildman–Crippen MR) is 222 cm³/mol. The number of amides is 1. The molecule has 1 rings (SSSR count). The van der Waals surface area contributed by atoms with E-state index in [0.717, 1.165) is 51.4 Å². The number of aliphatic hydroxyl groups excluding tert-OH is 6. The van der Waals surface area contributed by atoms with Crippen LogP contribution in [0.1, 0.15) is 168 Å². The zero-order valence-electron chi connectivity index (χ0n) is 34.5. The molecular weight excluding hydrogens is 698 g/mol. The van der Waals surface area contributed by atoms with Gasteiger partial charge in [-0.3, -0.25) is 4.79 Å².